The number of nitrogens with one attached hydrogen (secondary N) is 1. The lowest BCUT2D eigenvalue weighted by Crippen LogP contribution is -2.34. The van der Waals surface area contributed by atoms with Crippen LogP contribution in [0.3, 0.4) is 0 Å². The van der Waals surface area contributed by atoms with Gasteiger partial charge in [-0.05, 0) is 54.5 Å². The van der Waals surface area contributed by atoms with Crippen molar-refractivity contribution < 1.29 is 19.1 Å². The first-order chi connectivity index (χ1) is 15.0. The topological polar surface area (TPSA) is 106 Å². The van der Waals surface area contributed by atoms with Crippen molar-refractivity contribution >= 4 is 34.0 Å². The summed E-state index contributed by atoms with van der Waals surface area (Å²) in [5, 5.41) is 28.5. The summed E-state index contributed by atoms with van der Waals surface area (Å²) < 4.78 is 5.97. The number of carbonyl (C=O) groups is 1. The lowest BCUT2D eigenvalue weighted by atomic mass is 9.83. The maximum Gasteiger partial charge on any atom is 0.291 e. The summed E-state index contributed by atoms with van der Waals surface area (Å²) in [6, 6.07) is 12.7. The molecule has 7 nitrogen and oxygen atoms in total. The van der Waals surface area contributed by atoms with Crippen molar-refractivity contribution in [2.45, 2.75) is 48.8 Å². The summed E-state index contributed by atoms with van der Waals surface area (Å²) in [5.74, 6) is -0.372. The summed E-state index contributed by atoms with van der Waals surface area (Å²) in [7, 11) is 1.60. The van der Waals surface area contributed by atoms with Crippen molar-refractivity contribution in [2.75, 3.05) is 5.32 Å². The fourth-order valence-electron chi connectivity index (χ4n) is 3.88. The standard InChI is InChI=1S/C22H22N4O3S2/c1-3-17(31-21-22(28)29-25-26(21)2)19(27)24-20-16(12-23)15-10-9-14(11-18(15)30-20)13-7-5-4-6-8-13/h4-8,14,17H,3,9-11H2,1-2H3,(H-,24,25,27,28). The Morgan fingerprint density at radius 3 is 2.90 bits per heavy atom. The predicted octanol–water partition coefficient (Wildman–Crippen LogP) is 3.29. The second-order valence-corrected chi connectivity index (χ2v) is 9.76. The molecule has 1 aromatic carbocycles. The van der Waals surface area contributed by atoms with Crippen LogP contribution in [0.2, 0.25) is 0 Å². The highest BCUT2D eigenvalue weighted by Gasteiger charge is 2.30. The first-order valence-corrected chi connectivity index (χ1v) is 11.8. The number of thioether (sulfide) groups is 1. The molecule has 3 aromatic rings. The number of hydrogen-bond donors (Lipinski definition) is 1. The van der Waals surface area contributed by atoms with Gasteiger partial charge < -0.3 is 14.9 Å². The van der Waals surface area contributed by atoms with E-state index in [4.69, 9.17) is 0 Å². The quantitative estimate of drug-likeness (QED) is 0.453. The van der Waals surface area contributed by atoms with Crippen molar-refractivity contribution in [1.29, 1.82) is 5.26 Å². The minimum atomic E-state index is -0.560. The van der Waals surface area contributed by atoms with Gasteiger partial charge in [0.15, 0.2) is 13.0 Å². The Morgan fingerprint density at radius 1 is 1.48 bits per heavy atom. The summed E-state index contributed by atoms with van der Waals surface area (Å²) >= 11 is 2.62. The van der Waals surface area contributed by atoms with E-state index in [0.717, 1.165) is 36.6 Å². The van der Waals surface area contributed by atoms with Gasteiger partial charge in [0.25, 0.3) is 5.03 Å². The number of fused-ring (bicyclic) bond motifs is 1. The van der Waals surface area contributed by atoms with Crippen molar-refractivity contribution in [3.63, 3.8) is 0 Å². The van der Waals surface area contributed by atoms with Crippen molar-refractivity contribution in [3.05, 3.63) is 51.9 Å². The average molecular weight is 455 g/mol. The Hall–Kier alpha value is -2.83. The maximum atomic E-state index is 13.0. The number of carbonyl (C=O) groups excluding carboxylic acids is 1. The van der Waals surface area contributed by atoms with Crippen LogP contribution in [0.4, 0.5) is 5.00 Å². The SMILES string of the molecule is CCC(Sc1c([O-])on[n+]1C)C(=O)Nc1sc2c(c1C#N)CCC(c1ccccc1)C2. The van der Waals surface area contributed by atoms with E-state index < -0.39 is 11.2 Å². The molecule has 31 heavy (non-hydrogen) atoms. The highest BCUT2D eigenvalue weighted by atomic mass is 32.2. The zero-order valence-electron chi connectivity index (χ0n) is 17.3. The highest BCUT2D eigenvalue weighted by molar-refractivity contribution is 8.00. The van der Waals surface area contributed by atoms with Gasteiger partial charge in [0.1, 0.15) is 11.1 Å². The van der Waals surface area contributed by atoms with E-state index in [0.29, 0.717) is 22.9 Å². The molecule has 0 bridgehead atoms. The fraction of sp³-hybridized carbons (Fsp3) is 0.364. The third-order valence-corrected chi connectivity index (χ3v) is 8.17. The van der Waals surface area contributed by atoms with Crippen LogP contribution in [0, 0.1) is 11.3 Å². The number of aromatic nitrogens is 2. The number of hydrogen-bond acceptors (Lipinski definition) is 7. The average Bonchev–Trinajstić information content (AvgIpc) is 3.30. The third-order valence-electron chi connectivity index (χ3n) is 5.52. The number of benzene rings is 1. The van der Waals surface area contributed by atoms with Gasteiger partial charge >= 0.3 is 0 Å². The van der Waals surface area contributed by atoms with Crippen LogP contribution in [0.25, 0.3) is 0 Å². The van der Waals surface area contributed by atoms with Crippen LogP contribution in [0.1, 0.15) is 47.3 Å². The lowest BCUT2D eigenvalue weighted by Gasteiger charge is -2.22. The Labute approximate surface area is 188 Å². The molecule has 1 aliphatic carbocycles. The molecule has 4 rings (SSSR count). The van der Waals surface area contributed by atoms with Crippen molar-refractivity contribution in [3.8, 4) is 12.0 Å². The fourth-order valence-corrected chi connectivity index (χ4v) is 6.08. The van der Waals surface area contributed by atoms with E-state index in [1.165, 1.54) is 26.5 Å². The van der Waals surface area contributed by atoms with E-state index in [-0.39, 0.29) is 10.9 Å². The Bertz CT molecular complexity index is 1110. The molecule has 0 aliphatic heterocycles. The molecule has 1 amide bonds. The molecule has 1 aliphatic rings. The molecule has 0 radical (unpaired) electrons. The molecular weight excluding hydrogens is 432 g/mol. The molecule has 2 aromatic heterocycles. The van der Waals surface area contributed by atoms with Gasteiger partial charge in [-0.1, -0.05) is 41.9 Å². The smallest absolute Gasteiger partial charge is 0.291 e. The van der Waals surface area contributed by atoms with Crippen LogP contribution in [0.15, 0.2) is 39.9 Å². The Morgan fingerprint density at radius 2 is 2.26 bits per heavy atom. The highest BCUT2D eigenvalue weighted by Crippen LogP contribution is 2.42. The number of amides is 1. The van der Waals surface area contributed by atoms with Crippen LogP contribution >= 0.6 is 23.1 Å². The van der Waals surface area contributed by atoms with Crippen molar-refractivity contribution in [1.82, 2.24) is 5.27 Å². The number of aryl methyl sites for hydroxylation is 1. The van der Waals surface area contributed by atoms with Gasteiger partial charge in [-0.2, -0.15) is 5.26 Å². The number of thiophene rings is 1. The van der Waals surface area contributed by atoms with Crippen LogP contribution in [0.5, 0.6) is 5.95 Å². The molecule has 0 saturated heterocycles. The van der Waals surface area contributed by atoms with Crippen LogP contribution in [-0.4, -0.2) is 16.4 Å². The molecule has 160 valence electrons. The van der Waals surface area contributed by atoms with E-state index in [9.17, 15) is 15.2 Å². The molecule has 0 fully saturated rings. The van der Waals surface area contributed by atoms with Crippen LogP contribution in [-0.2, 0) is 24.7 Å². The van der Waals surface area contributed by atoms with Gasteiger partial charge in [0.2, 0.25) is 5.91 Å². The van der Waals surface area contributed by atoms with Gasteiger partial charge in [-0.25, -0.2) is 0 Å². The molecule has 9 heteroatoms. The Balaban J connectivity index is 1.53. The van der Waals surface area contributed by atoms with Crippen LogP contribution < -0.4 is 15.1 Å². The van der Waals surface area contributed by atoms with E-state index >= 15 is 0 Å². The molecule has 2 unspecified atom stereocenters. The van der Waals surface area contributed by atoms with E-state index in [2.05, 4.69) is 45.4 Å². The number of anilines is 1. The van der Waals surface area contributed by atoms with E-state index in [1.807, 2.05) is 13.0 Å². The summed E-state index contributed by atoms with van der Waals surface area (Å²) in [5.41, 5.74) is 2.94. The summed E-state index contributed by atoms with van der Waals surface area (Å²) in [6.07, 6.45) is 3.20. The second-order valence-electron chi connectivity index (χ2n) is 7.46. The van der Waals surface area contributed by atoms with Gasteiger partial charge in [-0.15, -0.1) is 11.3 Å². The normalized spacial score (nSPS) is 16.4. The van der Waals surface area contributed by atoms with E-state index in [1.54, 1.807) is 7.05 Å². The minimum Gasteiger partial charge on any atom is -0.538 e. The summed E-state index contributed by atoms with van der Waals surface area (Å²) in [6.45, 7) is 1.88. The van der Waals surface area contributed by atoms with Gasteiger partial charge in [-0.3, -0.25) is 4.79 Å². The molecular formula is C22H22N4O3S2. The predicted molar refractivity (Wildman–Crippen MR) is 116 cm³/mol. The number of rotatable bonds is 6. The molecule has 2 atom stereocenters. The Kier molecular flexibility index (Phi) is 6.30. The molecule has 2 heterocycles. The molecule has 1 N–H and O–H groups in total. The second kappa shape index (κ2) is 9.12. The third kappa shape index (κ3) is 4.31. The maximum absolute atomic E-state index is 13.0. The molecule has 0 spiro atoms. The minimum absolute atomic E-state index is 0.234. The monoisotopic (exact) mass is 454 g/mol. The molecule has 0 saturated carbocycles. The first-order valence-electron chi connectivity index (χ1n) is 10.1. The van der Waals surface area contributed by atoms with Crippen molar-refractivity contribution in [2.24, 2.45) is 7.05 Å². The summed E-state index contributed by atoms with van der Waals surface area (Å²) in [4.78, 5) is 14.1. The lowest BCUT2D eigenvalue weighted by molar-refractivity contribution is -0.772. The largest absolute Gasteiger partial charge is 0.538 e. The number of nitriles is 1. The first kappa shape index (κ1) is 21.4. The van der Waals surface area contributed by atoms with Gasteiger partial charge in [0.05, 0.1) is 16.1 Å². The number of nitrogens with zero attached hydrogens (tertiary/aromatic N) is 3. The zero-order valence-corrected chi connectivity index (χ0v) is 18.9. The zero-order chi connectivity index (χ0) is 22.0. The van der Waals surface area contributed by atoms with Gasteiger partial charge in [0, 0.05) is 4.88 Å².